The van der Waals surface area contributed by atoms with Crippen LogP contribution in [0.5, 0.6) is 5.75 Å². The van der Waals surface area contributed by atoms with E-state index >= 15 is 0 Å². The van der Waals surface area contributed by atoms with Crippen LogP contribution in [-0.2, 0) is 0 Å². The van der Waals surface area contributed by atoms with E-state index in [9.17, 15) is 0 Å². The van der Waals surface area contributed by atoms with Crippen LogP contribution in [0.4, 0.5) is 5.82 Å². The van der Waals surface area contributed by atoms with Crippen LogP contribution < -0.4 is 10.5 Å². The molecule has 0 unspecified atom stereocenters. The lowest BCUT2D eigenvalue weighted by Crippen LogP contribution is -1.96. The molecule has 0 spiro atoms. The van der Waals surface area contributed by atoms with Crippen LogP contribution in [0.1, 0.15) is 12.5 Å². The maximum absolute atomic E-state index is 5.87. The highest BCUT2D eigenvalue weighted by Gasteiger charge is 2.06. The summed E-state index contributed by atoms with van der Waals surface area (Å²) >= 11 is 0. The lowest BCUT2D eigenvalue weighted by atomic mass is 10.1. The first-order chi connectivity index (χ1) is 8.20. The normalized spacial score (nSPS) is 10.2. The zero-order chi connectivity index (χ0) is 12.3. The molecule has 0 saturated carbocycles. The van der Waals surface area contributed by atoms with Crippen LogP contribution in [0.3, 0.4) is 0 Å². The molecule has 4 nitrogen and oxygen atoms in total. The molecule has 0 aliphatic rings. The largest absolute Gasteiger partial charge is 0.492 e. The van der Waals surface area contributed by atoms with Crippen LogP contribution in [-0.4, -0.2) is 16.6 Å². The minimum absolute atomic E-state index is 0.506. The monoisotopic (exact) mass is 229 g/mol. The van der Waals surface area contributed by atoms with Crippen molar-refractivity contribution in [1.82, 2.24) is 9.97 Å². The van der Waals surface area contributed by atoms with Crippen molar-refractivity contribution >= 4 is 5.82 Å². The first-order valence-electron chi connectivity index (χ1n) is 5.51. The predicted molar refractivity (Wildman–Crippen MR) is 67.8 cm³/mol. The zero-order valence-electron chi connectivity index (χ0n) is 9.97. The molecule has 2 N–H and O–H groups in total. The molecule has 0 aliphatic heterocycles. The Labute approximate surface area is 100 Å². The number of anilines is 1. The molecule has 0 atom stereocenters. The molecule has 2 rings (SSSR count). The van der Waals surface area contributed by atoms with Gasteiger partial charge in [-0.15, -0.1) is 0 Å². The number of nitrogens with two attached hydrogens (primary N) is 1. The number of nitrogens with zero attached hydrogens (tertiary/aromatic N) is 2. The second-order valence-electron chi connectivity index (χ2n) is 3.79. The SMILES string of the molecule is CCOc1cncc(-c2cc(C)cnc2N)c1. The Kier molecular flexibility index (Phi) is 3.23. The van der Waals surface area contributed by atoms with Gasteiger partial charge in [-0.25, -0.2) is 4.98 Å². The predicted octanol–water partition coefficient (Wildman–Crippen LogP) is 2.43. The standard InChI is InChI=1S/C13H15N3O/c1-3-17-11-5-10(7-15-8-11)12-4-9(2)6-16-13(12)14/h4-8H,3H2,1-2H3,(H2,14,16). The summed E-state index contributed by atoms with van der Waals surface area (Å²) in [5, 5.41) is 0. The number of ether oxygens (including phenoxy) is 1. The zero-order valence-corrected chi connectivity index (χ0v) is 9.97. The molecule has 4 heteroatoms. The number of aromatic nitrogens is 2. The van der Waals surface area contributed by atoms with Crippen molar-refractivity contribution in [2.75, 3.05) is 12.3 Å². The first-order valence-corrected chi connectivity index (χ1v) is 5.51. The molecular weight excluding hydrogens is 214 g/mol. The fourth-order valence-electron chi connectivity index (χ4n) is 1.62. The summed E-state index contributed by atoms with van der Waals surface area (Å²) in [6.07, 6.45) is 5.19. The molecule has 0 aromatic carbocycles. The molecule has 0 aliphatic carbocycles. The fourth-order valence-corrected chi connectivity index (χ4v) is 1.62. The molecule has 17 heavy (non-hydrogen) atoms. The summed E-state index contributed by atoms with van der Waals surface area (Å²) in [5.74, 6) is 1.25. The Morgan fingerprint density at radius 2 is 2.06 bits per heavy atom. The average molecular weight is 229 g/mol. The van der Waals surface area contributed by atoms with Crippen molar-refractivity contribution in [1.29, 1.82) is 0 Å². The van der Waals surface area contributed by atoms with Gasteiger partial charge in [0.05, 0.1) is 12.8 Å². The number of nitrogen functional groups attached to an aromatic ring is 1. The summed E-state index contributed by atoms with van der Waals surface area (Å²) in [7, 11) is 0. The molecule has 2 heterocycles. The average Bonchev–Trinajstić information content (AvgIpc) is 2.33. The quantitative estimate of drug-likeness (QED) is 0.878. The summed E-state index contributed by atoms with van der Waals surface area (Å²) in [6.45, 7) is 4.54. The van der Waals surface area contributed by atoms with Crippen LogP contribution >= 0.6 is 0 Å². The lowest BCUT2D eigenvalue weighted by molar-refractivity contribution is 0.339. The second kappa shape index (κ2) is 4.82. The third kappa shape index (κ3) is 2.53. The van der Waals surface area contributed by atoms with Crippen LogP contribution in [0.15, 0.2) is 30.7 Å². The van der Waals surface area contributed by atoms with Gasteiger partial charge in [0.15, 0.2) is 0 Å². The van der Waals surface area contributed by atoms with E-state index in [1.54, 1.807) is 18.6 Å². The number of aryl methyl sites for hydroxylation is 1. The molecule has 0 fully saturated rings. The van der Waals surface area contributed by atoms with Crippen molar-refractivity contribution in [3.05, 3.63) is 36.3 Å². The fraction of sp³-hybridized carbons (Fsp3) is 0.231. The van der Waals surface area contributed by atoms with Gasteiger partial charge >= 0.3 is 0 Å². The van der Waals surface area contributed by atoms with E-state index in [1.165, 1.54) is 0 Å². The Bertz CT molecular complexity index is 526. The Balaban J connectivity index is 2.45. The summed E-state index contributed by atoms with van der Waals surface area (Å²) < 4.78 is 5.41. The maximum Gasteiger partial charge on any atom is 0.138 e. The van der Waals surface area contributed by atoms with E-state index in [2.05, 4.69) is 9.97 Å². The topological polar surface area (TPSA) is 61.0 Å². The van der Waals surface area contributed by atoms with Crippen LogP contribution in [0.25, 0.3) is 11.1 Å². The van der Waals surface area contributed by atoms with E-state index in [0.717, 1.165) is 22.4 Å². The van der Waals surface area contributed by atoms with Gasteiger partial charge in [0.1, 0.15) is 11.6 Å². The smallest absolute Gasteiger partial charge is 0.138 e. The van der Waals surface area contributed by atoms with E-state index in [4.69, 9.17) is 10.5 Å². The Morgan fingerprint density at radius 1 is 1.24 bits per heavy atom. The van der Waals surface area contributed by atoms with Crippen LogP contribution in [0.2, 0.25) is 0 Å². The molecule has 88 valence electrons. The second-order valence-corrected chi connectivity index (χ2v) is 3.79. The van der Waals surface area contributed by atoms with Gasteiger partial charge in [0, 0.05) is 23.5 Å². The van der Waals surface area contributed by atoms with E-state index < -0.39 is 0 Å². The van der Waals surface area contributed by atoms with Crippen molar-refractivity contribution < 1.29 is 4.74 Å². The number of hydrogen-bond acceptors (Lipinski definition) is 4. The highest BCUT2D eigenvalue weighted by Crippen LogP contribution is 2.27. The van der Waals surface area contributed by atoms with Crippen molar-refractivity contribution in [2.24, 2.45) is 0 Å². The Hall–Kier alpha value is -2.10. The molecule has 0 bridgehead atoms. The highest BCUT2D eigenvalue weighted by atomic mass is 16.5. The van der Waals surface area contributed by atoms with Gasteiger partial charge in [-0.3, -0.25) is 4.98 Å². The molecule has 2 aromatic heterocycles. The lowest BCUT2D eigenvalue weighted by Gasteiger charge is -2.08. The number of pyridine rings is 2. The minimum Gasteiger partial charge on any atom is -0.492 e. The minimum atomic E-state index is 0.506. The Morgan fingerprint density at radius 3 is 2.82 bits per heavy atom. The molecule has 0 radical (unpaired) electrons. The van der Waals surface area contributed by atoms with Crippen LogP contribution in [0, 0.1) is 6.92 Å². The number of rotatable bonds is 3. The molecular formula is C13H15N3O. The third-order valence-corrected chi connectivity index (χ3v) is 2.39. The summed E-state index contributed by atoms with van der Waals surface area (Å²) in [5.41, 5.74) is 8.74. The third-order valence-electron chi connectivity index (χ3n) is 2.39. The molecule has 2 aromatic rings. The van der Waals surface area contributed by atoms with Gasteiger partial charge in [-0.05, 0) is 31.5 Å². The first kappa shape index (κ1) is 11.4. The molecule has 0 saturated heterocycles. The van der Waals surface area contributed by atoms with Gasteiger partial charge in [-0.2, -0.15) is 0 Å². The van der Waals surface area contributed by atoms with Crippen molar-refractivity contribution in [2.45, 2.75) is 13.8 Å². The van der Waals surface area contributed by atoms with Gasteiger partial charge < -0.3 is 10.5 Å². The van der Waals surface area contributed by atoms with Gasteiger partial charge in [-0.1, -0.05) is 0 Å². The highest BCUT2D eigenvalue weighted by molar-refractivity contribution is 5.74. The van der Waals surface area contributed by atoms with E-state index in [0.29, 0.717) is 12.4 Å². The summed E-state index contributed by atoms with van der Waals surface area (Å²) in [4.78, 5) is 8.28. The van der Waals surface area contributed by atoms with Crippen molar-refractivity contribution in [3.8, 4) is 16.9 Å². The van der Waals surface area contributed by atoms with Gasteiger partial charge in [0.2, 0.25) is 0 Å². The van der Waals surface area contributed by atoms with Crippen molar-refractivity contribution in [3.63, 3.8) is 0 Å². The van der Waals surface area contributed by atoms with E-state index in [1.807, 2.05) is 26.0 Å². The summed E-state index contributed by atoms with van der Waals surface area (Å²) in [6, 6.07) is 3.92. The molecule has 0 amide bonds. The number of hydrogen-bond donors (Lipinski definition) is 1. The van der Waals surface area contributed by atoms with E-state index in [-0.39, 0.29) is 0 Å². The van der Waals surface area contributed by atoms with Gasteiger partial charge in [0.25, 0.3) is 0 Å². The maximum atomic E-state index is 5.87.